The molecule has 3 rings (SSSR count). The van der Waals surface area contributed by atoms with Gasteiger partial charge in [0.25, 0.3) is 10.0 Å². The second kappa shape index (κ2) is 10.3. The molecule has 32 heavy (non-hydrogen) atoms. The summed E-state index contributed by atoms with van der Waals surface area (Å²) in [5.41, 5.74) is 2.59. The Bertz CT molecular complexity index is 1240. The largest absolute Gasteiger partial charge is 0.465 e. The van der Waals surface area contributed by atoms with Gasteiger partial charge in [0.15, 0.2) is 0 Å². The predicted octanol–water partition coefficient (Wildman–Crippen LogP) is 6.38. The molecule has 168 valence electrons. The zero-order valence-corrected chi connectivity index (χ0v) is 21.2. The highest BCUT2D eigenvalue weighted by atomic mass is 79.9. The fourth-order valence-corrected chi connectivity index (χ4v) is 5.65. The zero-order valence-electron chi connectivity index (χ0n) is 17.3. The van der Waals surface area contributed by atoms with Gasteiger partial charge < -0.3 is 4.74 Å². The lowest BCUT2D eigenvalue weighted by Gasteiger charge is -2.26. The lowest BCUT2D eigenvalue weighted by molar-refractivity contribution is 0.0600. The summed E-state index contributed by atoms with van der Waals surface area (Å²) in [5, 5.41) is 1.19. The third-order valence-electron chi connectivity index (χ3n) is 4.77. The molecule has 0 saturated heterocycles. The molecule has 0 N–H and O–H groups in total. The minimum atomic E-state index is -4.05. The monoisotopic (exact) mass is 555 g/mol. The van der Waals surface area contributed by atoms with Gasteiger partial charge in [-0.05, 0) is 60.5 Å². The first-order chi connectivity index (χ1) is 15.2. The van der Waals surface area contributed by atoms with E-state index in [1.54, 1.807) is 48.5 Å². The van der Waals surface area contributed by atoms with Crippen molar-refractivity contribution in [3.8, 4) is 0 Å². The number of hydrogen-bond acceptors (Lipinski definition) is 4. The number of nitrogens with zero attached hydrogens (tertiary/aromatic N) is 1. The van der Waals surface area contributed by atoms with Gasteiger partial charge in [0, 0.05) is 20.9 Å². The maximum atomic E-state index is 13.8. The third kappa shape index (κ3) is 5.29. The number of carbonyl (C=O) groups is 1. The minimum Gasteiger partial charge on any atom is -0.465 e. The molecule has 0 bridgehead atoms. The molecule has 3 aromatic carbocycles. The smallest absolute Gasteiger partial charge is 0.337 e. The normalized spacial score (nSPS) is 11.3. The second-order valence-corrected chi connectivity index (χ2v) is 10.3. The number of carbonyl (C=O) groups excluding carboxylic acids is 1. The molecule has 0 fully saturated rings. The van der Waals surface area contributed by atoms with E-state index in [-0.39, 0.29) is 22.7 Å². The first-order valence-corrected chi connectivity index (χ1v) is 12.8. The van der Waals surface area contributed by atoms with Crippen molar-refractivity contribution in [1.82, 2.24) is 0 Å². The van der Waals surface area contributed by atoms with Gasteiger partial charge in [-0.3, -0.25) is 4.31 Å². The molecule has 0 saturated carbocycles. The summed E-state index contributed by atoms with van der Waals surface area (Å²) < 4.78 is 33.7. The number of sulfonamides is 1. The van der Waals surface area contributed by atoms with Crippen LogP contribution in [0.3, 0.4) is 0 Å². The lowest BCUT2D eigenvalue weighted by atomic mass is 10.2. The number of alkyl halides is 1. The van der Waals surface area contributed by atoms with E-state index < -0.39 is 16.0 Å². The van der Waals surface area contributed by atoms with Crippen molar-refractivity contribution in [2.24, 2.45) is 0 Å². The third-order valence-corrected chi connectivity index (χ3v) is 7.88. The predicted molar refractivity (Wildman–Crippen MR) is 131 cm³/mol. The Hall–Kier alpha value is -2.06. The average molecular weight is 557 g/mol. The van der Waals surface area contributed by atoms with E-state index in [4.69, 9.17) is 27.9 Å². The molecular formula is C23H20BrCl2NO4S. The lowest BCUT2D eigenvalue weighted by Crippen LogP contribution is -2.31. The molecule has 0 heterocycles. The number of halogens is 3. The maximum absolute atomic E-state index is 13.8. The topological polar surface area (TPSA) is 63.7 Å². The molecule has 0 aliphatic carbocycles. The zero-order chi connectivity index (χ0) is 23.5. The Morgan fingerprint density at radius 2 is 1.69 bits per heavy atom. The first kappa shape index (κ1) is 24.6. The van der Waals surface area contributed by atoms with Crippen molar-refractivity contribution >= 4 is 60.8 Å². The van der Waals surface area contributed by atoms with E-state index in [2.05, 4.69) is 15.9 Å². The standard InChI is InChI=1S/C23H20BrCl2NO4S/c1-15-9-16(13-24)11-19(10-15)32(29,30)27(14-20-21(25)7-4-8-22(20)26)18-6-3-5-17(12-18)23(28)31-2/h3-12H,13-14H2,1-2H3. The maximum Gasteiger partial charge on any atom is 0.337 e. The van der Waals surface area contributed by atoms with Crippen molar-refractivity contribution < 1.29 is 17.9 Å². The summed E-state index contributed by atoms with van der Waals surface area (Å²) in [6.45, 7) is 1.71. The van der Waals surface area contributed by atoms with Gasteiger partial charge >= 0.3 is 5.97 Å². The van der Waals surface area contributed by atoms with Crippen LogP contribution in [0.25, 0.3) is 0 Å². The fraction of sp³-hybridized carbons (Fsp3) is 0.174. The Kier molecular flexibility index (Phi) is 7.88. The molecule has 0 atom stereocenters. The van der Waals surface area contributed by atoms with Gasteiger partial charge in [-0.15, -0.1) is 0 Å². The second-order valence-electron chi connectivity index (χ2n) is 7.04. The number of ether oxygens (including phenoxy) is 1. The molecule has 0 spiro atoms. The van der Waals surface area contributed by atoms with Crippen LogP contribution in [0.15, 0.2) is 65.6 Å². The summed E-state index contributed by atoms with van der Waals surface area (Å²) in [7, 11) is -2.78. The molecule has 0 radical (unpaired) electrons. The number of hydrogen-bond donors (Lipinski definition) is 0. The number of esters is 1. The molecule has 0 amide bonds. The van der Waals surface area contributed by atoms with Crippen LogP contribution >= 0.6 is 39.1 Å². The highest BCUT2D eigenvalue weighted by molar-refractivity contribution is 9.08. The molecule has 5 nitrogen and oxygen atoms in total. The summed E-state index contributed by atoms with van der Waals surface area (Å²) in [5.74, 6) is -0.572. The number of anilines is 1. The van der Waals surface area contributed by atoms with Crippen molar-refractivity contribution in [2.45, 2.75) is 23.7 Å². The minimum absolute atomic E-state index is 0.122. The van der Waals surface area contributed by atoms with Crippen molar-refractivity contribution in [1.29, 1.82) is 0 Å². The van der Waals surface area contributed by atoms with E-state index in [0.717, 1.165) is 11.1 Å². The highest BCUT2D eigenvalue weighted by Crippen LogP contribution is 2.32. The number of benzene rings is 3. The molecule has 9 heteroatoms. The van der Waals surface area contributed by atoms with Gasteiger partial charge in [-0.1, -0.05) is 57.3 Å². The van der Waals surface area contributed by atoms with Gasteiger partial charge in [-0.25, -0.2) is 13.2 Å². The first-order valence-electron chi connectivity index (χ1n) is 9.48. The number of aryl methyl sites for hydroxylation is 1. The van der Waals surface area contributed by atoms with Gasteiger partial charge in [-0.2, -0.15) is 0 Å². The van der Waals surface area contributed by atoms with Crippen LogP contribution in [0.5, 0.6) is 0 Å². The van der Waals surface area contributed by atoms with E-state index in [1.807, 2.05) is 13.0 Å². The molecule has 0 aromatic heterocycles. The van der Waals surface area contributed by atoms with Crippen molar-refractivity contribution in [2.75, 3.05) is 11.4 Å². The summed E-state index contributed by atoms with van der Waals surface area (Å²) >= 11 is 16.1. The Morgan fingerprint density at radius 1 is 1.03 bits per heavy atom. The van der Waals surface area contributed by atoms with E-state index in [9.17, 15) is 13.2 Å². The van der Waals surface area contributed by atoms with Gasteiger partial charge in [0.1, 0.15) is 0 Å². The molecular weight excluding hydrogens is 537 g/mol. The molecule has 0 aliphatic rings. The van der Waals surface area contributed by atoms with Crippen LogP contribution in [-0.4, -0.2) is 21.5 Å². The van der Waals surface area contributed by atoms with Gasteiger partial charge in [0.2, 0.25) is 0 Å². The van der Waals surface area contributed by atoms with Crippen LogP contribution in [0.2, 0.25) is 10.0 Å². The molecule has 3 aromatic rings. The summed E-state index contributed by atoms with van der Waals surface area (Å²) in [6.07, 6.45) is 0. The van der Waals surface area contributed by atoms with Crippen molar-refractivity contribution in [3.63, 3.8) is 0 Å². The van der Waals surface area contributed by atoms with Gasteiger partial charge in [0.05, 0.1) is 29.8 Å². The summed E-state index contributed by atoms with van der Waals surface area (Å²) in [6, 6.07) is 16.3. The highest BCUT2D eigenvalue weighted by Gasteiger charge is 2.28. The van der Waals surface area contributed by atoms with E-state index in [1.165, 1.54) is 17.5 Å². The van der Waals surface area contributed by atoms with Crippen LogP contribution < -0.4 is 4.31 Å². The van der Waals surface area contributed by atoms with Crippen LogP contribution in [0, 0.1) is 6.92 Å². The summed E-state index contributed by atoms with van der Waals surface area (Å²) in [4.78, 5) is 12.2. The van der Waals surface area contributed by atoms with Crippen molar-refractivity contribution in [3.05, 3.63) is 93.0 Å². The quantitative estimate of drug-likeness (QED) is 0.250. The van der Waals surface area contributed by atoms with Crippen LogP contribution in [-0.2, 0) is 26.6 Å². The Morgan fingerprint density at radius 3 is 2.31 bits per heavy atom. The Balaban J connectivity index is 2.21. The fourth-order valence-electron chi connectivity index (χ4n) is 3.23. The Labute approximate surface area is 206 Å². The van der Waals surface area contributed by atoms with E-state index >= 15 is 0 Å². The number of rotatable bonds is 7. The molecule has 0 unspecified atom stereocenters. The van der Waals surface area contributed by atoms with Crippen LogP contribution in [0.4, 0.5) is 5.69 Å². The van der Waals surface area contributed by atoms with E-state index in [0.29, 0.717) is 20.9 Å². The molecule has 0 aliphatic heterocycles. The average Bonchev–Trinajstić information content (AvgIpc) is 2.77. The number of methoxy groups -OCH3 is 1. The SMILES string of the molecule is COC(=O)c1cccc(N(Cc2c(Cl)cccc2Cl)S(=O)(=O)c2cc(C)cc(CBr)c2)c1. The van der Waals surface area contributed by atoms with Crippen LogP contribution in [0.1, 0.15) is 27.0 Å².